The summed E-state index contributed by atoms with van der Waals surface area (Å²) in [5.41, 5.74) is 3.19. The molecule has 8 heteroatoms. The second-order valence-electron chi connectivity index (χ2n) is 9.91. The van der Waals surface area contributed by atoms with E-state index in [1.54, 1.807) is 36.4 Å². The number of amides is 2. The third-order valence-corrected chi connectivity index (χ3v) is 8.55. The molecule has 0 saturated heterocycles. The minimum absolute atomic E-state index is 0.0508. The van der Waals surface area contributed by atoms with Crippen molar-refractivity contribution in [2.24, 2.45) is 0 Å². The molecule has 0 aliphatic carbocycles. The molecule has 208 valence electrons. The largest absolute Gasteiger partial charge is 0.352 e. The smallest absolute Gasteiger partial charge is 0.264 e. The molecule has 1 N–H and O–H groups in total. The van der Waals surface area contributed by atoms with Crippen molar-refractivity contribution in [3.63, 3.8) is 0 Å². The Kier molecular flexibility index (Phi) is 10.3. The molecule has 0 saturated carbocycles. The number of carbonyl (C=O) groups is 2. The van der Waals surface area contributed by atoms with Gasteiger partial charge in [-0.05, 0) is 69.0 Å². The maximum absolute atomic E-state index is 14.1. The Morgan fingerprint density at radius 1 is 0.846 bits per heavy atom. The third kappa shape index (κ3) is 7.69. The fraction of sp³-hybridized carbons (Fsp3) is 0.355. The number of aryl methyl sites for hydroxylation is 2. The average Bonchev–Trinajstić information content (AvgIpc) is 2.92. The molecule has 0 fully saturated rings. The number of benzene rings is 3. The van der Waals surface area contributed by atoms with Crippen LogP contribution in [0.4, 0.5) is 5.69 Å². The highest BCUT2D eigenvalue weighted by molar-refractivity contribution is 7.92. The van der Waals surface area contributed by atoms with E-state index < -0.39 is 28.5 Å². The van der Waals surface area contributed by atoms with Gasteiger partial charge in [0.25, 0.3) is 10.0 Å². The number of carbonyl (C=O) groups excluding carboxylic acids is 2. The van der Waals surface area contributed by atoms with Gasteiger partial charge in [-0.25, -0.2) is 8.42 Å². The van der Waals surface area contributed by atoms with E-state index in [1.165, 1.54) is 17.0 Å². The number of hydrogen-bond donors (Lipinski definition) is 1. The first-order valence-electron chi connectivity index (χ1n) is 13.4. The van der Waals surface area contributed by atoms with E-state index in [0.29, 0.717) is 12.1 Å². The quantitative estimate of drug-likeness (QED) is 0.336. The maximum atomic E-state index is 14.1. The summed E-state index contributed by atoms with van der Waals surface area (Å²) in [6, 6.07) is 22.1. The Hall–Kier alpha value is -3.65. The fourth-order valence-electron chi connectivity index (χ4n) is 4.28. The lowest BCUT2D eigenvalue weighted by Gasteiger charge is -2.33. The number of nitrogens with zero attached hydrogens (tertiary/aromatic N) is 2. The van der Waals surface area contributed by atoms with Gasteiger partial charge in [-0.15, -0.1) is 0 Å². The molecule has 0 aromatic heterocycles. The summed E-state index contributed by atoms with van der Waals surface area (Å²) in [6.07, 6.45) is 1.14. The third-order valence-electron chi connectivity index (χ3n) is 6.76. The van der Waals surface area contributed by atoms with Gasteiger partial charge in [0.2, 0.25) is 11.8 Å². The van der Waals surface area contributed by atoms with E-state index in [9.17, 15) is 18.0 Å². The monoisotopic (exact) mass is 549 g/mol. The summed E-state index contributed by atoms with van der Waals surface area (Å²) in [5.74, 6) is -0.705. The summed E-state index contributed by atoms with van der Waals surface area (Å²) in [6.45, 7) is 9.34. The van der Waals surface area contributed by atoms with Crippen LogP contribution < -0.4 is 9.62 Å². The molecule has 39 heavy (non-hydrogen) atoms. The zero-order valence-corrected chi connectivity index (χ0v) is 24.2. The van der Waals surface area contributed by atoms with Crippen molar-refractivity contribution >= 4 is 27.5 Å². The predicted molar refractivity (Wildman–Crippen MR) is 156 cm³/mol. The van der Waals surface area contributed by atoms with Crippen LogP contribution >= 0.6 is 0 Å². The zero-order chi connectivity index (χ0) is 28.6. The normalized spacial score (nSPS) is 12.8. The summed E-state index contributed by atoms with van der Waals surface area (Å²) in [5, 5.41) is 2.99. The number of anilines is 1. The van der Waals surface area contributed by atoms with E-state index in [4.69, 9.17) is 0 Å². The van der Waals surface area contributed by atoms with Crippen LogP contribution in [-0.4, -0.2) is 43.8 Å². The summed E-state index contributed by atoms with van der Waals surface area (Å²) >= 11 is 0. The first-order valence-corrected chi connectivity index (χ1v) is 14.8. The number of nitrogens with one attached hydrogen (secondary N) is 1. The van der Waals surface area contributed by atoms with E-state index in [0.717, 1.165) is 27.4 Å². The van der Waals surface area contributed by atoms with Gasteiger partial charge in [0.15, 0.2) is 0 Å². The molecule has 0 aliphatic rings. The first-order chi connectivity index (χ1) is 18.6. The lowest BCUT2D eigenvalue weighted by Crippen LogP contribution is -2.53. The maximum Gasteiger partial charge on any atom is 0.264 e. The van der Waals surface area contributed by atoms with Gasteiger partial charge < -0.3 is 10.2 Å². The zero-order valence-electron chi connectivity index (χ0n) is 23.4. The van der Waals surface area contributed by atoms with Crippen molar-refractivity contribution < 1.29 is 18.0 Å². The SMILES string of the molecule is CC[C@H](C)NC(=O)[C@H](CC)N(Cc1ccc(C)cc1)C(=O)CN(c1cccc(C)c1)S(=O)(=O)c1ccccc1. The molecule has 0 bridgehead atoms. The van der Waals surface area contributed by atoms with E-state index >= 15 is 0 Å². The van der Waals surface area contributed by atoms with E-state index in [1.807, 2.05) is 65.0 Å². The first kappa shape index (κ1) is 29.9. The van der Waals surface area contributed by atoms with Gasteiger partial charge in [-0.3, -0.25) is 13.9 Å². The molecule has 0 spiro atoms. The highest BCUT2D eigenvalue weighted by atomic mass is 32.2. The molecule has 0 unspecified atom stereocenters. The Balaban J connectivity index is 2.04. The van der Waals surface area contributed by atoms with Crippen molar-refractivity contribution in [2.45, 2.75) is 71.0 Å². The lowest BCUT2D eigenvalue weighted by molar-refractivity contribution is -0.140. The Morgan fingerprint density at radius 2 is 1.51 bits per heavy atom. The van der Waals surface area contributed by atoms with Gasteiger partial charge in [0.05, 0.1) is 10.6 Å². The summed E-state index contributed by atoms with van der Waals surface area (Å²) < 4.78 is 28.8. The van der Waals surface area contributed by atoms with Crippen molar-refractivity contribution in [1.82, 2.24) is 10.2 Å². The topological polar surface area (TPSA) is 86.8 Å². The van der Waals surface area contributed by atoms with Crippen molar-refractivity contribution in [2.75, 3.05) is 10.8 Å². The van der Waals surface area contributed by atoms with Crippen LogP contribution in [-0.2, 0) is 26.2 Å². The molecule has 0 heterocycles. The highest BCUT2D eigenvalue weighted by Gasteiger charge is 2.34. The molecule has 2 atom stereocenters. The van der Waals surface area contributed by atoms with Crippen LogP contribution in [0, 0.1) is 13.8 Å². The van der Waals surface area contributed by atoms with Crippen molar-refractivity contribution in [3.8, 4) is 0 Å². The molecule has 3 rings (SSSR count). The van der Waals surface area contributed by atoms with Gasteiger partial charge >= 0.3 is 0 Å². The molecule has 3 aromatic rings. The van der Waals surface area contributed by atoms with Gasteiger partial charge in [-0.1, -0.05) is 74.0 Å². The highest BCUT2D eigenvalue weighted by Crippen LogP contribution is 2.25. The second-order valence-corrected chi connectivity index (χ2v) is 11.8. The molecule has 7 nitrogen and oxygen atoms in total. The predicted octanol–water partition coefficient (Wildman–Crippen LogP) is 5.22. The minimum Gasteiger partial charge on any atom is -0.352 e. The van der Waals surface area contributed by atoms with Crippen LogP contribution in [0.1, 0.15) is 50.3 Å². The van der Waals surface area contributed by atoms with Crippen LogP contribution in [0.15, 0.2) is 83.8 Å². The average molecular weight is 550 g/mol. The van der Waals surface area contributed by atoms with Gasteiger partial charge in [-0.2, -0.15) is 0 Å². The molecule has 2 amide bonds. The number of sulfonamides is 1. The standard InChI is InChI=1S/C31H39N3O4S/c1-6-25(5)32-31(36)29(7-2)33(21-26-18-16-23(3)17-19-26)30(35)22-34(27-13-11-12-24(4)20-27)39(37,38)28-14-9-8-10-15-28/h8-20,25,29H,6-7,21-22H2,1-5H3,(H,32,36)/t25-,29-/m0/s1. The Morgan fingerprint density at radius 3 is 2.10 bits per heavy atom. The Bertz CT molecular complexity index is 1360. The summed E-state index contributed by atoms with van der Waals surface area (Å²) in [7, 11) is -4.07. The summed E-state index contributed by atoms with van der Waals surface area (Å²) in [4.78, 5) is 29.0. The van der Waals surface area contributed by atoms with Crippen LogP contribution in [0.5, 0.6) is 0 Å². The van der Waals surface area contributed by atoms with Gasteiger partial charge in [0, 0.05) is 12.6 Å². The number of rotatable bonds is 12. The molecule has 0 radical (unpaired) electrons. The van der Waals surface area contributed by atoms with Crippen molar-refractivity contribution in [1.29, 1.82) is 0 Å². The van der Waals surface area contributed by atoms with Crippen LogP contribution in [0.2, 0.25) is 0 Å². The van der Waals surface area contributed by atoms with Crippen molar-refractivity contribution in [3.05, 3.63) is 95.6 Å². The van der Waals surface area contributed by atoms with Crippen LogP contribution in [0.3, 0.4) is 0 Å². The second kappa shape index (κ2) is 13.4. The molecular weight excluding hydrogens is 510 g/mol. The van der Waals surface area contributed by atoms with E-state index in [2.05, 4.69) is 5.32 Å². The van der Waals surface area contributed by atoms with E-state index in [-0.39, 0.29) is 23.4 Å². The van der Waals surface area contributed by atoms with Crippen LogP contribution in [0.25, 0.3) is 0 Å². The Labute approximate surface area is 232 Å². The fourth-order valence-corrected chi connectivity index (χ4v) is 5.71. The molecular formula is C31H39N3O4S. The lowest BCUT2D eigenvalue weighted by atomic mass is 10.1. The molecule has 0 aliphatic heterocycles. The molecule has 3 aromatic carbocycles. The minimum atomic E-state index is -4.07. The number of hydrogen-bond acceptors (Lipinski definition) is 4. The van der Waals surface area contributed by atoms with Gasteiger partial charge in [0.1, 0.15) is 12.6 Å².